The molecule has 0 aliphatic carbocycles. The van der Waals surface area contributed by atoms with Crippen LogP contribution in [0.2, 0.25) is 0 Å². The molecule has 1 aromatic carbocycles. The van der Waals surface area contributed by atoms with Gasteiger partial charge < -0.3 is 20.0 Å². The van der Waals surface area contributed by atoms with Gasteiger partial charge in [0.2, 0.25) is 0 Å². The summed E-state index contributed by atoms with van der Waals surface area (Å²) >= 11 is 0. The van der Waals surface area contributed by atoms with Crippen LogP contribution in [0, 0.1) is 0 Å². The average Bonchev–Trinajstić information content (AvgIpc) is 3.03. The van der Waals surface area contributed by atoms with Crippen molar-refractivity contribution in [3.8, 4) is 0 Å². The van der Waals surface area contributed by atoms with Gasteiger partial charge in [-0.25, -0.2) is 0 Å². The molecule has 114 valence electrons. The van der Waals surface area contributed by atoms with E-state index >= 15 is 0 Å². The Morgan fingerprint density at radius 2 is 1.86 bits per heavy atom. The van der Waals surface area contributed by atoms with Gasteiger partial charge in [-0.3, -0.25) is 9.59 Å². The van der Waals surface area contributed by atoms with Gasteiger partial charge in [0.15, 0.2) is 5.76 Å². The molecule has 0 unspecified atom stereocenters. The number of carboxylic acid groups (broad SMARTS) is 1. The summed E-state index contributed by atoms with van der Waals surface area (Å²) in [6.07, 6.45) is 1.39. The second kappa shape index (κ2) is 7.07. The third-order valence-electron chi connectivity index (χ3n) is 2.92. The molecule has 0 saturated heterocycles. The number of nitrogens with zero attached hydrogens (tertiary/aromatic N) is 1. The maximum absolute atomic E-state index is 11.8. The van der Waals surface area contributed by atoms with Gasteiger partial charge in [0.05, 0.1) is 18.4 Å². The van der Waals surface area contributed by atoms with Crippen molar-refractivity contribution in [2.45, 2.75) is 12.8 Å². The molecular weight excluding hydrogens is 288 g/mol. The summed E-state index contributed by atoms with van der Waals surface area (Å²) in [6.45, 7) is 0. The lowest BCUT2D eigenvalue weighted by atomic mass is 10.1. The molecule has 7 heteroatoms. The number of nitrogens with one attached hydrogen (secondary N) is 1. The van der Waals surface area contributed by atoms with E-state index in [0.29, 0.717) is 11.3 Å². The summed E-state index contributed by atoms with van der Waals surface area (Å²) in [5.41, 5.74) is 1.40. The zero-order valence-electron chi connectivity index (χ0n) is 11.5. The van der Waals surface area contributed by atoms with Gasteiger partial charge >= 0.3 is 5.97 Å². The predicted molar refractivity (Wildman–Crippen MR) is 78.3 cm³/mol. The van der Waals surface area contributed by atoms with Crippen molar-refractivity contribution in [2.24, 2.45) is 5.16 Å². The standard InChI is InChI=1S/C15H14N2O5/c18-14(19)8-7-12(17-21)10-3-5-11(6-4-10)16-15(20)13-2-1-9-22-13/h1-6,9,21H,7-8H2,(H,16,20)(H,18,19). The molecule has 0 atom stereocenters. The molecule has 1 aromatic heterocycles. The van der Waals surface area contributed by atoms with Crippen LogP contribution in [0.15, 0.2) is 52.2 Å². The van der Waals surface area contributed by atoms with Gasteiger partial charge in [-0.2, -0.15) is 0 Å². The Morgan fingerprint density at radius 1 is 1.14 bits per heavy atom. The molecule has 0 fully saturated rings. The van der Waals surface area contributed by atoms with Crippen LogP contribution in [-0.2, 0) is 4.79 Å². The summed E-state index contributed by atoms with van der Waals surface area (Å²) in [5.74, 6) is -1.15. The molecule has 7 nitrogen and oxygen atoms in total. The number of amides is 1. The smallest absolute Gasteiger partial charge is 0.303 e. The van der Waals surface area contributed by atoms with Crippen molar-refractivity contribution in [1.29, 1.82) is 0 Å². The molecule has 0 radical (unpaired) electrons. The van der Waals surface area contributed by atoms with Crippen LogP contribution in [-0.4, -0.2) is 27.9 Å². The molecule has 0 saturated carbocycles. The van der Waals surface area contributed by atoms with Crippen molar-refractivity contribution in [2.75, 3.05) is 5.32 Å². The Morgan fingerprint density at radius 3 is 2.41 bits per heavy atom. The molecule has 1 amide bonds. The van der Waals surface area contributed by atoms with Crippen LogP contribution in [0.5, 0.6) is 0 Å². The van der Waals surface area contributed by atoms with E-state index < -0.39 is 5.97 Å². The van der Waals surface area contributed by atoms with E-state index in [4.69, 9.17) is 14.7 Å². The van der Waals surface area contributed by atoms with E-state index in [0.717, 1.165) is 0 Å². The normalized spacial score (nSPS) is 11.2. The first-order valence-corrected chi connectivity index (χ1v) is 6.48. The van der Waals surface area contributed by atoms with E-state index in [2.05, 4.69) is 10.5 Å². The summed E-state index contributed by atoms with van der Waals surface area (Å²) in [4.78, 5) is 22.3. The minimum atomic E-state index is -0.969. The van der Waals surface area contributed by atoms with Gasteiger partial charge in [0, 0.05) is 12.1 Å². The van der Waals surface area contributed by atoms with E-state index in [1.165, 1.54) is 6.26 Å². The average molecular weight is 302 g/mol. The third-order valence-corrected chi connectivity index (χ3v) is 2.92. The number of furan rings is 1. The number of hydrogen-bond donors (Lipinski definition) is 3. The monoisotopic (exact) mass is 302 g/mol. The van der Waals surface area contributed by atoms with E-state index in [-0.39, 0.29) is 30.2 Å². The summed E-state index contributed by atoms with van der Waals surface area (Å²) in [7, 11) is 0. The molecule has 22 heavy (non-hydrogen) atoms. The number of benzene rings is 1. The molecule has 3 N–H and O–H groups in total. The summed E-state index contributed by atoms with van der Waals surface area (Å²) < 4.78 is 4.98. The fourth-order valence-corrected chi connectivity index (χ4v) is 1.82. The molecule has 0 aliphatic heterocycles. The first kappa shape index (κ1) is 15.3. The molecule has 2 rings (SSSR count). The quantitative estimate of drug-likeness (QED) is 0.431. The lowest BCUT2D eigenvalue weighted by molar-refractivity contribution is -0.136. The molecule has 0 aliphatic rings. The van der Waals surface area contributed by atoms with Gasteiger partial charge in [-0.05, 0) is 29.8 Å². The van der Waals surface area contributed by atoms with Crippen molar-refractivity contribution >= 4 is 23.3 Å². The summed E-state index contributed by atoms with van der Waals surface area (Å²) in [5, 5.41) is 23.4. The molecule has 0 spiro atoms. The number of carbonyl (C=O) groups excluding carboxylic acids is 1. The second-order valence-electron chi connectivity index (χ2n) is 4.45. The Kier molecular flexibility index (Phi) is 4.92. The van der Waals surface area contributed by atoms with Crippen LogP contribution >= 0.6 is 0 Å². The Hall–Kier alpha value is -3.09. The predicted octanol–water partition coefficient (Wildman–Crippen LogP) is 2.58. The SMILES string of the molecule is O=C(O)CCC(=NO)c1ccc(NC(=O)c2ccco2)cc1. The van der Waals surface area contributed by atoms with Crippen LogP contribution in [0.25, 0.3) is 0 Å². The molecular formula is C15H14N2O5. The minimum Gasteiger partial charge on any atom is -0.481 e. The van der Waals surface area contributed by atoms with Crippen LogP contribution in [0.1, 0.15) is 29.0 Å². The fourth-order valence-electron chi connectivity index (χ4n) is 1.82. The number of aliphatic carboxylic acids is 1. The van der Waals surface area contributed by atoms with Crippen molar-refractivity contribution in [3.63, 3.8) is 0 Å². The topological polar surface area (TPSA) is 112 Å². The first-order valence-electron chi connectivity index (χ1n) is 6.48. The Bertz CT molecular complexity index is 674. The molecule has 0 bridgehead atoms. The maximum Gasteiger partial charge on any atom is 0.303 e. The van der Waals surface area contributed by atoms with E-state index in [1.807, 2.05) is 0 Å². The van der Waals surface area contributed by atoms with Crippen LogP contribution in [0.3, 0.4) is 0 Å². The highest BCUT2D eigenvalue weighted by atomic mass is 16.4. The number of hydrogen-bond acceptors (Lipinski definition) is 5. The van der Waals surface area contributed by atoms with Gasteiger partial charge in [-0.1, -0.05) is 17.3 Å². The number of carbonyl (C=O) groups is 2. The highest BCUT2D eigenvalue weighted by Crippen LogP contribution is 2.14. The second-order valence-corrected chi connectivity index (χ2v) is 4.45. The largest absolute Gasteiger partial charge is 0.481 e. The zero-order valence-corrected chi connectivity index (χ0v) is 11.5. The van der Waals surface area contributed by atoms with Crippen LogP contribution < -0.4 is 5.32 Å². The van der Waals surface area contributed by atoms with E-state index in [1.54, 1.807) is 36.4 Å². The highest BCUT2D eigenvalue weighted by molar-refractivity contribution is 6.04. The van der Waals surface area contributed by atoms with Gasteiger partial charge in [-0.15, -0.1) is 0 Å². The minimum absolute atomic E-state index is 0.115. The summed E-state index contributed by atoms with van der Waals surface area (Å²) in [6, 6.07) is 9.68. The number of anilines is 1. The van der Waals surface area contributed by atoms with Gasteiger partial charge in [0.1, 0.15) is 0 Å². The maximum atomic E-state index is 11.8. The number of rotatable bonds is 6. The van der Waals surface area contributed by atoms with E-state index in [9.17, 15) is 9.59 Å². The van der Waals surface area contributed by atoms with Crippen molar-refractivity contribution in [3.05, 3.63) is 54.0 Å². The number of oxime groups is 1. The fraction of sp³-hybridized carbons (Fsp3) is 0.133. The molecule has 1 heterocycles. The zero-order chi connectivity index (χ0) is 15.9. The number of carboxylic acids is 1. The first-order chi connectivity index (χ1) is 10.6. The lowest BCUT2D eigenvalue weighted by Gasteiger charge is -2.06. The Labute approximate surface area is 125 Å². The Balaban J connectivity index is 2.03. The lowest BCUT2D eigenvalue weighted by Crippen LogP contribution is -2.11. The van der Waals surface area contributed by atoms with Gasteiger partial charge in [0.25, 0.3) is 5.91 Å². The van der Waals surface area contributed by atoms with Crippen LogP contribution in [0.4, 0.5) is 5.69 Å². The third kappa shape index (κ3) is 3.95. The van der Waals surface area contributed by atoms with Crippen molar-refractivity contribution in [1.82, 2.24) is 0 Å². The van der Waals surface area contributed by atoms with Crippen molar-refractivity contribution < 1.29 is 24.3 Å². The molecule has 2 aromatic rings. The highest BCUT2D eigenvalue weighted by Gasteiger charge is 2.10.